The molecule has 3 aromatic rings. The van der Waals surface area contributed by atoms with Crippen molar-refractivity contribution < 1.29 is 24.3 Å². The molecule has 7 nitrogen and oxygen atoms in total. The van der Waals surface area contributed by atoms with Crippen molar-refractivity contribution in [2.45, 2.75) is 6.61 Å². The lowest BCUT2D eigenvalue weighted by molar-refractivity contribution is 0.293. The molecule has 1 heterocycles. The maximum atomic E-state index is 9.09. The Kier molecular flexibility index (Phi) is 5.01. The summed E-state index contributed by atoms with van der Waals surface area (Å²) in [6.07, 6.45) is 1.54. The van der Waals surface area contributed by atoms with E-state index in [0.29, 0.717) is 33.9 Å². The van der Waals surface area contributed by atoms with Crippen molar-refractivity contribution in [3.05, 3.63) is 48.2 Å². The van der Waals surface area contributed by atoms with Crippen LogP contribution in [0.2, 0.25) is 0 Å². The largest absolute Gasteiger partial charge is 0.493 e. The highest BCUT2D eigenvalue weighted by Gasteiger charge is 2.11. The van der Waals surface area contributed by atoms with Gasteiger partial charge in [0.1, 0.15) is 6.61 Å². The van der Waals surface area contributed by atoms with Crippen LogP contribution in [-0.2, 0) is 6.61 Å². The molecule has 0 bridgehead atoms. The summed E-state index contributed by atoms with van der Waals surface area (Å²) in [7, 11) is 1.65. The lowest BCUT2D eigenvalue weighted by Gasteiger charge is -2.10. The maximum Gasteiger partial charge on any atom is 0.488 e. The summed E-state index contributed by atoms with van der Waals surface area (Å²) < 4.78 is 16.2. The Balaban J connectivity index is 1.77. The molecule has 0 amide bonds. The van der Waals surface area contributed by atoms with Gasteiger partial charge in [0, 0.05) is 12.1 Å². The summed E-state index contributed by atoms with van der Waals surface area (Å²) in [5, 5.41) is 18.2. The summed E-state index contributed by atoms with van der Waals surface area (Å²) >= 11 is 0. The Bertz CT molecular complexity index is 871. The Morgan fingerprint density at radius 2 is 1.60 bits per heavy atom. The lowest BCUT2D eigenvalue weighted by Crippen LogP contribution is -2.29. The van der Waals surface area contributed by atoms with Gasteiger partial charge in [0.25, 0.3) is 0 Å². The second-order valence-electron chi connectivity index (χ2n) is 5.31. The highest BCUT2D eigenvalue weighted by molar-refractivity contribution is 6.58. The van der Waals surface area contributed by atoms with Crippen LogP contribution in [0.1, 0.15) is 5.56 Å². The van der Waals surface area contributed by atoms with Crippen molar-refractivity contribution in [2.75, 3.05) is 14.2 Å². The lowest BCUT2D eigenvalue weighted by atomic mass is 9.80. The van der Waals surface area contributed by atoms with Gasteiger partial charge in [-0.1, -0.05) is 24.3 Å². The molecule has 0 aliphatic carbocycles. The molecule has 0 saturated carbocycles. The molecule has 0 radical (unpaired) electrons. The topological polar surface area (TPSA) is 93.9 Å². The van der Waals surface area contributed by atoms with Crippen LogP contribution in [0, 0.1) is 0 Å². The van der Waals surface area contributed by atoms with Crippen molar-refractivity contribution in [3.8, 4) is 17.4 Å². The van der Waals surface area contributed by atoms with E-state index in [9.17, 15) is 0 Å². The number of methoxy groups -OCH3 is 2. The molecule has 0 saturated heterocycles. The third-order valence-electron chi connectivity index (χ3n) is 3.69. The van der Waals surface area contributed by atoms with Crippen LogP contribution in [0.25, 0.3) is 11.0 Å². The van der Waals surface area contributed by atoms with Gasteiger partial charge in [-0.05, 0) is 11.0 Å². The first-order valence-corrected chi connectivity index (χ1v) is 7.57. The fourth-order valence-corrected chi connectivity index (χ4v) is 2.34. The van der Waals surface area contributed by atoms with E-state index in [1.54, 1.807) is 56.8 Å². The number of hydrogen-bond acceptors (Lipinski definition) is 7. The number of benzene rings is 2. The van der Waals surface area contributed by atoms with E-state index >= 15 is 0 Å². The first-order chi connectivity index (χ1) is 12.1. The Morgan fingerprint density at radius 3 is 2.20 bits per heavy atom. The maximum absolute atomic E-state index is 9.09. The van der Waals surface area contributed by atoms with Crippen LogP contribution in [0.15, 0.2) is 42.6 Å². The van der Waals surface area contributed by atoms with E-state index < -0.39 is 7.12 Å². The second-order valence-corrected chi connectivity index (χ2v) is 5.31. The highest BCUT2D eigenvalue weighted by atomic mass is 16.5. The molecule has 0 atom stereocenters. The minimum atomic E-state index is -1.48. The fourth-order valence-electron chi connectivity index (χ4n) is 2.34. The molecule has 0 unspecified atom stereocenters. The minimum absolute atomic E-state index is 0.287. The van der Waals surface area contributed by atoms with Crippen molar-refractivity contribution in [1.82, 2.24) is 9.97 Å². The van der Waals surface area contributed by atoms with Gasteiger partial charge in [-0.15, -0.1) is 0 Å². The summed E-state index contributed by atoms with van der Waals surface area (Å²) in [6.45, 7) is 0.287. The van der Waals surface area contributed by atoms with E-state index in [2.05, 4.69) is 9.97 Å². The zero-order valence-electron chi connectivity index (χ0n) is 13.8. The molecular weight excluding hydrogens is 323 g/mol. The SMILES string of the molecule is COc1cc2ncc(OCc3ccc(B(O)O)cc3)nc2cc1OC. The minimum Gasteiger partial charge on any atom is -0.493 e. The number of hydrogen-bond donors (Lipinski definition) is 2. The molecule has 0 aliphatic rings. The summed E-state index contributed by atoms with van der Waals surface area (Å²) in [5.41, 5.74) is 2.61. The van der Waals surface area contributed by atoms with E-state index in [1.165, 1.54) is 0 Å². The van der Waals surface area contributed by atoms with Crippen LogP contribution in [0.5, 0.6) is 17.4 Å². The van der Waals surface area contributed by atoms with Crippen molar-refractivity contribution in [2.24, 2.45) is 0 Å². The predicted molar refractivity (Wildman–Crippen MR) is 93.2 cm³/mol. The van der Waals surface area contributed by atoms with Gasteiger partial charge < -0.3 is 24.3 Å². The standard InChI is InChI=1S/C17H17BN2O5/c1-23-15-7-13-14(8-16(15)24-2)20-17(9-19-13)25-10-11-3-5-12(6-4-11)18(21)22/h3-9,21-22H,10H2,1-2H3. The quantitative estimate of drug-likeness (QED) is 0.644. The third kappa shape index (κ3) is 3.81. The molecule has 128 valence electrons. The zero-order chi connectivity index (χ0) is 17.8. The normalized spacial score (nSPS) is 10.6. The first kappa shape index (κ1) is 17.0. The van der Waals surface area contributed by atoms with E-state index in [1.807, 2.05) is 0 Å². The van der Waals surface area contributed by atoms with Crippen LogP contribution in [0.3, 0.4) is 0 Å². The van der Waals surface area contributed by atoms with Crippen molar-refractivity contribution in [1.29, 1.82) is 0 Å². The Labute approximate surface area is 145 Å². The summed E-state index contributed by atoms with van der Waals surface area (Å²) in [6, 6.07) is 10.3. The van der Waals surface area contributed by atoms with Crippen molar-refractivity contribution >= 4 is 23.6 Å². The first-order valence-electron chi connectivity index (χ1n) is 7.57. The number of nitrogens with zero attached hydrogens (tertiary/aromatic N) is 2. The Morgan fingerprint density at radius 1 is 0.960 bits per heavy atom. The van der Waals surface area contributed by atoms with E-state index in [4.69, 9.17) is 24.3 Å². The van der Waals surface area contributed by atoms with Gasteiger partial charge in [0.05, 0.1) is 31.4 Å². The Hall–Kier alpha value is -2.84. The third-order valence-corrected chi connectivity index (χ3v) is 3.69. The van der Waals surface area contributed by atoms with Gasteiger partial charge in [0.15, 0.2) is 11.5 Å². The number of fused-ring (bicyclic) bond motifs is 1. The van der Waals surface area contributed by atoms with Gasteiger partial charge in [-0.2, -0.15) is 0 Å². The number of aromatic nitrogens is 2. The summed E-state index contributed by atoms with van der Waals surface area (Å²) in [4.78, 5) is 8.75. The van der Waals surface area contributed by atoms with Gasteiger partial charge in [-0.25, -0.2) is 9.97 Å². The fraction of sp³-hybridized carbons (Fsp3) is 0.176. The molecule has 8 heteroatoms. The highest BCUT2D eigenvalue weighted by Crippen LogP contribution is 2.31. The van der Waals surface area contributed by atoms with E-state index in [0.717, 1.165) is 5.56 Å². The van der Waals surface area contributed by atoms with Gasteiger partial charge in [0.2, 0.25) is 5.88 Å². The molecule has 0 spiro atoms. The molecule has 25 heavy (non-hydrogen) atoms. The molecule has 2 N–H and O–H groups in total. The molecule has 0 fully saturated rings. The predicted octanol–water partition coefficient (Wildman–Crippen LogP) is 0.906. The van der Waals surface area contributed by atoms with Gasteiger partial charge in [-0.3, -0.25) is 0 Å². The molecule has 1 aromatic heterocycles. The number of rotatable bonds is 6. The molecular formula is C17H17BN2O5. The average molecular weight is 340 g/mol. The van der Waals surface area contributed by atoms with Crippen LogP contribution in [0.4, 0.5) is 0 Å². The van der Waals surface area contributed by atoms with Gasteiger partial charge >= 0.3 is 7.12 Å². The average Bonchev–Trinajstić information content (AvgIpc) is 2.65. The number of ether oxygens (including phenoxy) is 3. The molecule has 3 rings (SSSR count). The molecule has 2 aromatic carbocycles. The second kappa shape index (κ2) is 7.37. The van der Waals surface area contributed by atoms with E-state index in [-0.39, 0.29) is 6.61 Å². The van der Waals surface area contributed by atoms with Crippen LogP contribution in [-0.4, -0.2) is 41.4 Å². The van der Waals surface area contributed by atoms with Crippen molar-refractivity contribution in [3.63, 3.8) is 0 Å². The van der Waals surface area contributed by atoms with Crippen LogP contribution < -0.4 is 19.7 Å². The zero-order valence-corrected chi connectivity index (χ0v) is 13.8. The molecule has 0 aliphatic heterocycles. The summed E-state index contributed by atoms with van der Waals surface area (Å²) in [5.74, 6) is 1.54. The monoisotopic (exact) mass is 340 g/mol. The van der Waals surface area contributed by atoms with Crippen LogP contribution >= 0.6 is 0 Å². The smallest absolute Gasteiger partial charge is 0.488 e.